The fourth-order valence-electron chi connectivity index (χ4n) is 2.55. The van der Waals surface area contributed by atoms with E-state index in [9.17, 15) is 0 Å². The molecular formula is C22H32N2O2S. The molecule has 0 aliphatic carbocycles. The molecule has 0 amide bonds. The molecule has 0 radical (unpaired) electrons. The zero-order valence-electron chi connectivity index (χ0n) is 18.0. The van der Waals surface area contributed by atoms with E-state index in [1.54, 1.807) is 25.6 Å². The molecule has 3 aromatic rings. The lowest BCUT2D eigenvalue weighted by atomic mass is 10.1. The number of hydrogen-bond donors (Lipinski definition) is 0. The first-order chi connectivity index (χ1) is 13.0. The van der Waals surface area contributed by atoms with E-state index in [1.807, 2.05) is 52.8 Å². The standard InChI is InChI=1S/C18H20N2O2S.2C2H6/c1-10(2)14-9-23-18(20-14)13-8-16(22-5)12-6-7-15(21-4)11(3)17(12)19-13;2*1-2/h6-10H,1-5H3;2*1-2H3. The fraction of sp³-hybridized carbons (Fsp3) is 0.455. The molecule has 0 saturated heterocycles. The van der Waals surface area contributed by atoms with Gasteiger partial charge in [0, 0.05) is 22.4 Å². The highest BCUT2D eigenvalue weighted by Gasteiger charge is 2.15. The van der Waals surface area contributed by atoms with Crippen molar-refractivity contribution in [1.82, 2.24) is 9.97 Å². The van der Waals surface area contributed by atoms with Crippen LogP contribution < -0.4 is 9.47 Å². The summed E-state index contributed by atoms with van der Waals surface area (Å²) < 4.78 is 11.0. The van der Waals surface area contributed by atoms with Crippen molar-refractivity contribution in [3.63, 3.8) is 0 Å². The molecule has 0 atom stereocenters. The Morgan fingerprint density at radius 2 is 1.56 bits per heavy atom. The molecule has 0 fully saturated rings. The van der Waals surface area contributed by atoms with Crippen molar-refractivity contribution >= 4 is 22.2 Å². The molecule has 3 rings (SSSR count). The summed E-state index contributed by atoms with van der Waals surface area (Å²) in [5.41, 5.74) is 3.82. The number of thiazole rings is 1. The molecule has 148 valence electrons. The minimum atomic E-state index is 0.407. The predicted molar refractivity (Wildman–Crippen MR) is 117 cm³/mol. The molecule has 5 heteroatoms. The largest absolute Gasteiger partial charge is 0.496 e. The van der Waals surface area contributed by atoms with Crippen LogP contribution in [0.15, 0.2) is 23.6 Å². The molecule has 2 aromatic heterocycles. The van der Waals surface area contributed by atoms with Crippen molar-refractivity contribution in [2.75, 3.05) is 14.2 Å². The van der Waals surface area contributed by atoms with E-state index >= 15 is 0 Å². The van der Waals surface area contributed by atoms with Crippen LogP contribution in [0.2, 0.25) is 0 Å². The molecule has 0 bridgehead atoms. The van der Waals surface area contributed by atoms with Crippen LogP contribution >= 0.6 is 11.3 Å². The third-order valence-electron chi connectivity index (χ3n) is 3.92. The normalized spacial score (nSPS) is 10.0. The molecule has 0 spiro atoms. The second kappa shape index (κ2) is 10.9. The van der Waals surface area contributed by atoms with Crippen LogP contribution in [0.4, 0.5) is 0 Å². The zero-order valence-corrected chi connectivity index (χ0v) is 18.8. The summed E-state index contributed by atoms with van der Waals surface area (Å²) in [5, 5.41) is 3.99. The number of fused-ring (bicyclic) bond motifs is 1. The topological polar surface area (TPSA) is 44.2 Å². The van der Waals surface area contributed by atoms with Crippen molar-refractivity contribution < 1.29 is 9.47 Å². The molecule has 1 aromatic carbocycles. The van der Waals surface area contributed by atoms with Gasteiger partial charge in [0.15, 0.2) is 0 Å². The van der Waals surface area contributed by atoms with Gasteiger partial charge in [-0.05, 0) is 25.0 Å². The van der Waals surface area contributed by atoms with E-state index in [0.29, 0.717) is 5.92 Å². The molecule has 0 saturated carbocycles. The van der Waals surface area contributed by atoms with Crippen LogP contribution in [0.1, 0.15) is 58.7 Å². The van der Waals surface area contributed by atoms with Crippen LogP contribution in [0.25, 0.3) is 21.6 Å². The first kappa shape index (κ1) is 22.9. The van der Waals surface area contributed by atoms with Gasteiger partial charge in [-0.1, -0.05) is 41.5 Å². The van der Waals surface area contributed by atoms with Gasteiger partial charge in [-0.2, -0.15) is 0 Å². The maximum absolute atomic E-state index is 5.57. The summed E-state index contributed by atoms with van der Waals surface area (Å²) in [7, 11) is 3.35. The van der Waals surface area contributed by atoms with Crippen molar-refractivity contribution in [2.24, 2.45) is 0 Å². The summed E-state index contributed by atoms with van der Waals surface area (Å²) in [6.07, 6.45) is 0. The second-order valence-corrected chi connectivity index (χ2v) is 6.59. The second-order valence-electron chi connectivity index (χ2n) is 5.73. The quantitative estimate of drug-likeness (QED) is 0.490. The SMILES string of the molecule is CC.CC.COc1ccc2c(OC)cc(-c3nc(C(C)C)cs3)nc2c1C. The minimum Gasteiger partial charge on any atom is -0.496 e. The van der Waals surface area contributed by atoms with Crippen LogP contribution in [-0.4, -0.2) is 24.2 Å². The van der Waals surface area contributed by atoms with Gasteiger partial charge in [-0.25, -0.2) is 9.97 Å². The van der Waals surface area contributed by atoms with Gasteiger partial charge in [-0.3, -0.25) is 0 Å². The molecule has 0 aliphatic heterocycles. The molecule has 0 unspecified atom stereocenters. The van der Waals surface area contributed by atoms with Gasteiger partial charge >= 0.3 is 0 Å². The van der Waals surface area contributed by atoms with Gasteiger partial charge in [-0.15, -0.1) is 11.3 Å². The first-order valence-electron chi connectivity index (χ1n) is 9.53. The van der Waals surface area contributed by atoms with Crippen LogP contribution in [-0.2, 0) is 0 Å². The molecule has 0 aliphatic rings. The monoisotopic (exact) mass is 388 g/mol. The molecular weight excluding hydrogens is 356 g/mol. The number of aryl methyl sites for hydroxylation is 1. The van der Waals surface area contributed by atoms with Crippen LogP contribution in [0.3, 0.4) is 0 Å². The van der Waals surface area contributed by atoms with Crippen LogP contribution in [0, 0.1) is 6.92 Å². The Bertz CT molecular complexity index is 857. The van der Waals surface area contributed by atoms with E-state index in [-0.39, 0.29) is 0 Å². The molecule has 0 N–H and O–H groups in total. The van der Waals surface area contributed by atoms with Gasteiger partial charge in [0.2, 0.25) is 0 Å². The number of methoxy groups -OCH3 is 2. The van der Waals surface area contributed by atoms with Gasteiger partial charge in [0.1, 0.15) is 22.2 Å². The molecule has 2 heterocycles. The Kier molecular flexibility index (Phi) is 9.22. The zero-order chi connectivity index (χ0) is 20.6. The lowest BCUT2D eigenvalue weighted by molar-refractivity contribution is 0.411. The van der Waals surface area contributed by atoms with E-state index in [2.05, 4.69) is 19.2 Å². The Labute approximate surface area is 167 Å². The summed E-state index contributed by atoms with van der Waals surface area (Å²) >= 11 is 1.61. The highest BCUT2D eigenvalue weighted by atomic mass is 32.1. The number of nitrogens with zero attached hydrogens (tertiary/aromatic N) is 2. The minimum absolute atomic E-state index is 0.407. The highest BCUT2D eigenvalue weighted by Crippen LogP contribution is 2.36. The number of pyridine rings is 1. The Morgan fingerprint density at radius 1 is 0.926 bits per heavy atom. The van der Waals surface area contributed by atoms with Gasteiger partial charge < -0.3 is 9.47 Å². The number of rotatable bonds is 4. The summed E-state index contributed by atoms with van der Waals surface area (Å²) in [6.45, 7) is 14.3. The fourth-order valence-corrected chi connectivity index (χ4v) is 3.49. The first-order valence-corrected chi connectivity index (χ1v) is 10.4. The number of aromatic nitrogens is 2. The summed E-state index contributed by atoms with van der Waals surface area (Å²) in [5.74, 6) is 2.03. The lowest BCUT2D eigenvalue weighted by Crippen LogP contribution is -1.95. The molecule has 27 heavy (non-hydrogen) atoms. The van der Waals surface area contributed by atoms with Gasteiger partial charge in [0.25, 0.3) is 0 Å². The number of ether oxygens (including phenoxy) is 2. The van der Waals surface area contributed by atoms with Crippen molar-refractivity contribution in [1.29, 1.82) is 0 Å². The third kappa shape index (κ3) is 4.98. The predicted octanol–water partition coefficient (Wildman–Crippen LogP) is 6.86. The van der Waals surface area contributed by atoms with Crippen molar-refractivity contribution in [3.8, 4) is 22.2 Å². The van der Waals surface area contributed by atoms with Crippen LogP contribution in [0.5, 0.6) is 11.5 Å². The average Bonchev–Trinajstić information content (AvgIpc) is 3.21. The lowest BCUT2D eigenvalue weighted by Gasteiger charge is -2.12. The Hall–Kier alpha value is -2.14. The van der Waals surface area contributed by atoms with Gasteiger partial charge in [0.05, 0.1) is 25.4 Å². The molecule has 4 nitrogen and oxygen atoms in total. The summed E-state index contributed by atoms with van der Waals surface area (Å²) in [6, 6.07) is 5.89. The van der Waals surface area contributed by atoms with Crippen molar-refractivity contribution in [3.05, 3.63) is 34.8 Å². The number of hydrogen-bond acceptors (Lipinski definition) is 5. The Balaban J connectivity index is 0.000000855. The number of benzene rings is 1. The third-order valence-corrected chi connectivity index (χ3v) is 4.80. The average molecular weight is 389 g/mol. The van der Waals surface area contributed by atoms with E-state index in [0.717, 1.165) is 44.4 Å². The Morgan fingerprint density at radius 3 is 2.07 bits per heavy atom. The maximum Gasteiger partial charge on any atom is 0.142 e. The van der Waals surface area contributed by atoms with E-state index in [4.69, 9.17) is 19.4 Å². The maximum atomic E-state index is 5.57. The van der Waals surface area contributed by atoms with E-state index in [1.165, 1.54) is 0 Å². The highest BCUT2D eigenvalue weighted by molar-refractivity contribution is 7.13. The van der Waals surface area contributed by atoms with E-state index < -0.39 is 0 Å². The van der Waals surface area contributed by atoms with Crippen molar-refractivity contribution in [2.45, 2.75) is 54.4 Å². The summed E-state index contributed by atoms with van der Waals surface area (Å²) in [4.78, 5) is 9.53. The smallest absolute Gasteiger partial charge is 0.142 e.